The first-order valence-corrected chi connectivity index (χ1v) is 5.40. The second kappa shape index (κ2) is 4.11. The first-order chi connectivity index (χ1) is 7.18. The zero-order valence-corrected chi connectivity index (χ0v) is 9.36. The lowest BCUT2D eigenvalue weighted by molar-refractivity contribution is 0.0532. The van der Waals surface area contributed by atoms with Crippen LogP contribution in [0.15, 0.2) is 18.2 Å². The van der Waals surface area contributed by atoms with E-state index in [-0.39, 0.29) is 6.10 Å². The minimum Gasteiger partial charge on any atom is -0.397 e. The third kappa shape index (κ3) is 2.07. The summed E-state index contributed by atoms with van der Waals surface area (Å²) in [6, 6.07) is 6.06. The molecular formula is C12H18N2O. The van der Waals surface area contributed by atoms with Crippen molar-refractivity contribution in [2.75, 3.05) is 30.3 Å². The summed E-state index contributed by atoms with van der Waals surface area (Å²) in [5, 5.41) is 0. The van der Waals surface area contributed by atoms with Crippen molar-refractivity contribution in [3.8, 4) is 0 Å². The summed E-state index contributed by atoms with van der Waals surface area (Å²) in [5.74, 6) is 0. The molecule has 0 amide bonds. The summed E-state index contributed by atoms with van der Waals surface area (Å²) in [6.07, 6.45) is 0.290. The fraction of sp³-hybridized carbons (Fsp3) is 0.500. The first kappa shape index (κ1) is 10.3. The number of nitrogen functional groups attached to an aromatic ring is 1. The van der Waals surface area contributed by atoms with E-state index in [1.54, 1.807) is 0 Å². The van der Waals surface area contributed by atoms with Crippen LogP contribution >= 0.6 is 0 Å². The van der Waals surface area contributed by atoms with E-state index in [9.17, 15) is 0 Å². The van der Waals surface area contributed by atoms with Crippen molar-refractivity contribution in [2.45, 2.75) is 20.0 Å². The van der Waals surface area contributed by atoms with E-state index < -0.39 is 0 Å². The Kier molecular flexibility index (Phi) is 2.82. The van der Waals surface area contributed by atoms with E-state index in [0.717, 1.165) is 25.4 Å². The monoisotopic (exact) mass is 206 g/mol. The number of para-hydroxylation sites is 1. The Labute approximate surface area is 90.8 Å². The summed E-state index contributed by atoms with van der Waals surface area (Å²) >= 11 is 0. The highest BCUT2D eigenvalue weighted by molar-refractivity contribution is 5.71. The van der Waals surface area contributed by atoms with Gasteiger partial charge in [0.15, 0.2) is 0 Å². The molecule has 2 N–H and O–H groups in total. The second-order valence-corrected chi connectivity index (χ2v) is 4.14. The van der Waals surface area contributed by atoms with Crippen molar-refractivity contribution in [3.05, 3.63) is 23.8 Å². The molecule has 1 heterocycles. The van der Waals surface area contributed by atoms with E-state index in [4.69, 9.17) is 10.5 Å². The molecule has 0 aliphatic carbocycles. The van der Waals surface area contributed by atoms with Gasteiger partial charge in [0, 0.05) is 13.1 Å². The molecule has 0 radical (unpaired) electrons. The predicted molar refractivity (Wildman–Crippen MR) is 63.2 cm³/mol. The van der Waals surface area contributed by atoms with Gasteiger partial charge in [-0.05, 0) is 25.5 Å². The normalized spacial score (nSPS) is 21.7. The van der Waals surface area contributed by atoms with Crippen LogP contribution in [-0.2, 0) is 4.74 Å². The average Bonchev–Trinajstić information content (AvgIpc) is 2.17. The molecule has 1 aromatic carbocycles. The minimum absolute atomic E-state index is 0.290. The minimum atomic E-state index is 0.290. The number of nitrogens with zero attached hydrogens (tertiary/aromatic N) is 1. The summed E-state index contributed by atoms with van der Waals surface area (Å²) in [6.45, 7) is 6.84. The Bertz CT molecular complexity index is 331. The van der Waals surface area contributed by atoms with Gasteiger partial charge in [-0.2, -0.15) is 0 Å². The molecule has 1 atom stereocenters. The van der Waals surface area contributed by atoms with Crippen LogP contribution in [0.5, 0.6) is 0 Å². The molecule has 1 unspecified atom stereocenters. The van der Waals surface area contributed by atoms with Gasteiger partial charge >= 0.3 is 0 Å². The van der Waals surface area contributed by atoms with E-state index in [0.29, 0.717) is 0 Å². The van der Waals surface area contributed by atoms with Crippen molar-refractivity contribution in [1.82, 2.24) is 0 Å². The molecule has 1 aromatic rings. The number of ether oxygens (including phenoxy) is 1. The van der Waals surface area contributed by atoms with Gasteiger partial charge in [-0.3, -0.25) is 0 Å². The lowest BCUT2D eigenvalue weighted by atomic mass is 10.1. The second-order valence-electron chi connectivity index (χ2n) is 4.14. The smallest absolute Gasteiger partial charge is 0.0722 e. The van der Waals surface area contributed by atoms with Crippen molar-refractivity contribution >= 4 is 11.4 Å². The summed E-state index contributed by atoms with van der Waals surface area (Å²) in [5.41, 5.74) is 9.29. The highest BCUT2D eigenvalue weighted by Crippen LogP contribution is 2.28. The standard InChI is InChI=1S/C12H18N2O/c1-9-4-3-5-11(13)12(9)14-6-7-15-10(2)8-14/h3-5,10H,6-8,13H2,1-2H3. The van der Waals surface area contributed by atoms with Crippen LogP contribution in [-0.4, -0.2) is 25.8 Å². The topological polar surface area (TPSA) is 38.5 Å². The van der Waals surface area contributed by atoms with Crippen LogP contribution in [0.4, 0.5) is 11.4 Å². The SMILES string of the molecule is Cc1cccc(N)c1N1CCOC(C)C1. The molecule has 1 aliphatic heterocycles. The average molecular weight is 206 g/mol. The molecule has 82 valence electrons. The molecule has 1 fully saturated rings. The fourth-order valence-electron chi connectivity index (χ4n) is 2.14. The van der Waals surface area contributed by atoms with Gasteiger partial charge in [-0.1, -0.05) is 12.1 Å². The molecule has 0 bridgehead atoms. The van der Waals surface area contributed by atoms with Gasteiger partial charge in [-0.15, -0.1) is 0 Å². The fourth-order valence-corrected chi connectivity index (χ4v) is 2.14. The molecule has 1 saturated heterocycles. The Morgan fingerprint density at radius 3 is 2.93 bits per heavy atom. The van der Waals surface area contributed by atoms with Crippen molar-refractivity contribution in [2.24, 2.45) is 0 Å². The largest absolute Gasteiger partial charge is 0.397 e. The lowest BCUT2D eigenvalue weighted by Crippen LogP contribution is -2.41. The van der Waals surface area contributed by atoms with Gasteiger partial charge in [-0.25, -0.2) is 0 Å². The highest BCUT2D eigenvalue weighted by Gasteiger charge is 2.19. The van der Waals surface area contributed by atoms with Gasteiger partial charge in [0.05, 0.1) is 24.1 Å². The van der Waals surface area contributed by atoms with E-state index in [2.05, 4.69) is 24.8 Å². The summed E-state index contributed by atoms with van der Waals surface area (Å²) in [7, 11) is 0. The van der Waals surface area contributed by atoms with E-state index >= 15 is 0 Å². The molecule has 1 aliphatic rings. The maximum absolute atomic E-state index is 6.02. The number of rotatable bonds is 1. The van der Waals surface area contributed by atoms with Crippen LogP contribution in [0.25, 0.3) is 0 Å². The van der Waals surface area contributed by atoms with Crippen LogP contribution < -0.4 is 10.6 Å². The van der Waals surface area contributed by atoms with Gasteiger partial charge in [0.1, 0.15) is 0 Å². The van der Waals surface area contributed by atoms with E-state index in [1.807, 2.05) is 12.1 Å². The molecule has 3 heteroatoms. The predicted octanol–water partition coefficient (Wildman–Crippen LogP) is 1.80. The number of nitrogens with two attached hydrogens (primary N) is 1. The lowest BCUT2D eigenvalue weighted by Gasteiger charge is -2.34. The number of anilines is 2. The summed E-state index contributed by atoms with van der Waals surface area (Å²) in [4.78, 5) is 2.32. The molecule has 0 spiro atoms. The molecule has 15 heavy (non-hydrogen) atoms. The quantitative estimate of drug-likeness (QED) is 0.712. The number of aryl methyl sites for hydroxylation is 1. The van der Waals surface area contributed by atoms with Crippen LogP contribution in [0.1, 0.15) is 12.5 Å². The third-order valence-corrected chi connectivity index (χ3v) is 2.83. The Morgan fingerprint density at radius 1 is 1.47 bits per heavy atom. The van der Waals surface area contributed by atoms with Gasteiger partial charge in [0.25, 0.3) is 0 Å². The van der Waals surface area contributed by atoms with Crippen LogP contribution in [0.3, 0.4) is 0 Å². The number of benzene rings is 1. The Balaban J connectivity index is 2.28. The number of hydrogen-bond donors (Lipinski definition) is 1. The molecule has 3 nitrogen and oxygen atoms in total. The van der Waals surface area contributed by atoms with Crippen molar-refractivity contribution in [3.63, 3.8) is 0 Å². The number of morpholine rings is 1. The van der Waals surface area contributed by atoms with E-state index in [1.165, 1.54) is 11.3 Å². The maximum Gasteiger partial charge on any atom is 0.0722 e. The zero-order valence-electron chi connectivity index (χ0n) is 9.36. The molecule has 0 saturated carbocycles. The number of hydrogen-bond acceptors (Lipinski definition) is 3. The maximum atomic E-state index is 6.02. The first-order valence-electron chi connectivity index (χ1n) is 5.40. The van der Waals surface area contributed by atoms with Crippen molar-refractivity contribution in [1.29, 1.82) is 0 Å². The Hall–Kier alpha value is -1.22. The molecule has 2 rings (SSSR count). The Morgan fingerprint density at radius 2 is 2.27 bits per heavy atom. The highest BCUT2D eigenvalue weighted by atomic mass is 16.5. The van der Waals surface area contributed by atoms with Crippen molar-refractivity contribution < 1.29 is 4.74 Å². The van der Waals surface area contributed by atoms with Gasteiger partial charge < -0.3 is 15.4 Å². The molecule has 0 aromatic heterocycles. The zero-order chi connectivity index (χ0) is 10.8. The van der Waals surface area contributed by atoms with Crippen LogP contribution in [0, 0.1) is 6.92 Å². The third-order valence-electron chi connectivity index (χ3n) is 2.83. The van der Waals surface area contributed by atoms with Gasteiger partial charge in [0.2, 0.25) is 0 Å². The van der Waals surface area contributed by atoms with Crippen LogP contribution in [0.2, 0.25) is 0 Å². The summed E-state index contributed by atoms with van der Waals surface area (Å²) < 4.78 is 5.53. The molecular weight excluding hydrogens is 188 g/mol.